The summed E-state index contributed by atoms with van der Waals surface area (Å²) >= 11 is 0. The second-order valence-corrected chi connectivity index (χ2v) is 11.8. The summed E-state index contributed by atoms with van der Waals surface area (Å²) in [6.45, 7) is -1.21. The normalized spacial score (nSPS) is 35.3. The van der Waals surface area contributed by atoms with Crippen molar-refractivity contribution in [3.63, 3.8) is 0 Å². The summed E-state index contributed by atoms with van der Waals surface area (Å²) in [4.78, 5) is -0.0145. The number of ether oxygens (including phenoxy) is 2. The van der Waals surface area contributed by atoms with Crippen molar-refractivity contribution in [3.8, 4) is 34.8 Å². The zero-order chi connectivity index (χ0) is 29.6. The molecule has 3 aliphatic heterocycles. The maximum absolute atomic E-state index is 13.4. The van der Waals surface area contributed by atoms with Gasteiger partial charge in [-0.25, -0.2) is 8.42 Å². The van der Waals surface area contributed by atoms with Gasteiger partial charge >= 0.3 is 0 Å². The quantitative estimate of drug-likeness (QED) is 0.140. The molecule has 41 heavy (non-hydrogen) atoms. The molecule has 3 heterocycles. The number of benzene rings is 2. The predicted octanol–water partition coefficient (Wildman–Crippen LogP) is -3.11. The van der Waals surface area contributed by atoms with Gasteiger partial charge in [0.2, 0.25) is 9.84 Å². The van der Waals surface area contributed by atoms with Crippen LogP contribution in [0.5, 0.6) is 0 Å². The highest BCUT2D eigenvalue weighted by molar-refractivity contribution is 7.92. The van der Waals surface area contributed by atoms with E-state index in [9.17, 15) is 49.3 Å². The van der Waals surface area contributed by atoms with E-state index >= 15 is 0 Å². The van der Waals surface area contributed by atoms with Gasteiger partial charge in [0.1, 0.15) is 61.0 Å². The zero-order valence-corrected chi connectivity index (χ0v) is 22.1. The van der Waals surface area contributed by atoms with E-state index in [2.05, 4.69) is 23.7 Å². The molecule has 0 saturated carbocycles. The molecule has 2 aromatic carbocycles. The maximum atomic E-state index is 13.4. The number of hydrogen-bond acceptors (Lipinski definition) is 12. The highest BCUT2D eigenvalue weighted by atomic mass is 32.2. The lowest BCUT2D eigenvalue weighted by Crippen LogP contribution is -2.58. The molecule has 218 valence electrons. The molecule has 0 spiro atoms. The van der Waals surface area contributed by atoms with Gasteiger partial charge in [-0.15, -0.1) is 0 Å². The minimum absolute atomic E-state index is 0.00727. The van der Waals surface area contributed by atoms with Gasteiger partial charge in [-0.3, -0.25) is 0 Å². The third kappa shape index (κ3) is 5.28. The molecular weight excluding hydrogens is 560 g/mol. The largest absolute Gasteiger partial charge is 0.394 e. The number of aliphatic hydroxyl groups is 8. The van der Waals surface area contributed by atoms with E-state index in [4.69, 9.17) is 9.47 Å². The van der Waals surface area contributed by atoms with E-state index in [0.717, 1.165) is 0 Å². The lowest BCUT2D eigenvalue weighted by atomic mass is 9.95. The van der Waals surface area contributed by atoms with Crippen molar-refractivity contribution in [2.45, 2.75) is 70.8 Å². The second kappa shape index (κ2) is 11.4. The van der Waals surface area contributed by atoms with Gasteiger partial charge in [-0.1, -0.05) is 35.8 Å². The molecule has 13 heteroatoms. The fourth-order valence-electron chi connectivity index (χ4n) is 4.96. The molecule has 0 aromatic heterocycles. The summed E-state index contributed by atoms with van der Waals surface area (Å²) in [5, 5.41) is 78.8. The van der Waals surface area contributed by atoms with E-state index in [0.29, 0.717) is 11.1 Å². The fraction of sp³-hybridized carbons (Fsp3) is 0.429. The summed E-state index contributed by atoms with van der Waals surface area (Å²) in [6.07, 6.45) is -14.1. The van der Waals surface area contributed by atoms with Gasteiger partial charge in [0.25, 0.3) is 0 Å². The molecule has 0 amide bonds. The number of aliphatic hydroxyl groups excluding tert-OH is 8. The molecule has 8 N–H and O–H groups in total. The Morgan fingerprint density at radius 2 is 1.00 bits per heavy atom. The molecule has 0 bridgehead atoms. The minimum Gasteiger partial charge on any atom is -0.394 e. The summed E-state index contributed by atoms with van der Waals surface area (Å²) in [5.41, 5.74) is 1.43. The van der Waals surface area contributed by atoms with Crippen molar-refractivity contribution < 1.29 is 58.7 Å². The number of rotatable bonds is 2. The van der Waals surface area contributed by atoms with E-state index in [1.165, 1.54) is 12.1 Å². The Morgan fingerprint density at radius 1 is 0.610 bits per heavy atom. The molecule has 2 fully saturated rings. The van der Waals surface area contributed by atoms with Crippen LogP contribution in [0.4, 0.5) is 0 Å². The molecule has 0 aliphatic carbocycles. The average Bonchev–Trinajstić information content (AvgIpc) is 3.19. The molecule has 10 unspecified atom stereocenters. The van der Waals surface area contributed by atoms with E-state index < -0.39 is 84.1 Å². The summed E-state index contributed by atoms with van der Waals surface area (Å²) < 4.78 is 37.6. The monoisotopic (exact) mass is 588 g/mol. The van der Waals surface area contributed by atoms with Gasteiger partial charge in [0.05, 0.1) is 23.0 Å². The van der Waals surface area contributed by atoms with E-state index in [1.807, 2.05) is 0 Å². The average molecular weight is 589 g/mol. The molecule has 5 rings (SSSR count). The van der Waals surface area contributed by atoms with Crippen LogP contribution in [0.1, 0.15) is 11.1 Å². The van der Waals surface area contributed by atoms with E-state index in [-0.39, 0.29) is 20.9 Å². The van der Waals surface area contributed by atoms with Crippen molar-refractivity contribution >= 4 is 9.84 Å². The third-order valence-corrected chi connectivity index (χ3v) is 9.17. The van der Waals surface area contributed by atoms with Crippen LogP contribution in [0.2, 0.25) is 0 Å². The Bertz CT molecular complexity index is 1440. The standard InChI is InChI=1S/C28H28O12S/c29-11-19-25(33)27(35)23(31)17(39-19)7-3-13-1-5-15-16-6-2-14(10-22(16)41(37,38)21(15)9-13)4-8-18-24(32)28(36)26(34)20(12-30)40-18/h1-2,5-6,9-10,17-20,23-36H,11-12H2. The number of hydrogen-bond donors (Lipinski definition) is 8. The molecule has 12 nitrogen and oxygen atoms in total. The summed E-state index contributed by atoms with van der Waals surface area (Å²) in [7, 11) is -3.98. The Balaban J connectivity index is 1.39. The van der Waals surface area contributed by atoms with Crippen LogP contribution in [0, 0.1) is 23.7 Å². The first-order valence-electron chi connectivity index (χ1n) is 12.7. The minimum atomic E-state index is -3.98. The molecule has 0 radical (unpaired) electrons. The first-order valence-corrected chi connectivity index (χ1v) is 14.1. The second-order valence-electron chi connectivity index (χ2n) is 9.96. The van der Waals surface area contributed by atoms with Gasteiger partial charge in [0.15, 0.2) is 0 Å². The topological polar surface area (TPSA) is 214 Å². The van der Waals surface area contributed by atoms with Gasteiger partial charge < -0.3 is 50.3 Å². The lowest BCUT2D eigenvalue weighted by Gasteiger charge is -2.37. The lowest BCUT2D eigenvalue weighted by molar-refractivity contribution is -0.214. The van der Waals surface area contributed by atoms with E-state index in [1.54, 1.807) is 24.3 Å². The first-order chi connectivity index (χ1) is 19.5. The van der Waals surface area contributed by atoms with Crippen LogP contribution in [0.3, 0.4) is 0 Å². The van der Waals surface area contributed by atoms with Gasteiger partial charge in [0, 0.05) is 22.3 Å². The van der Waals surface area contributed by atoms with Crippen molar-refractivity contribution in [2.24, 2.45) is 0 Å². The highest BCUT2D eigenvalue weighted by Gasteiger charge is 2.44. The maximum Gasteiger partial charge on any atom is 0.207 e. The van der Waals surface area contributed by atoms with Crippen LogP contribution in [-0.4, -0.2) is 124 Å². The smallest absolute Gasteiger partial charge is 0.207 e. The first kappa shape index (κ1) is 29.6. The summed E-state index contributed by atoms with van der Waals surface area (Å²) in [6, 6.07) is 9.03. The van der Waals surface area contributed by atoms with Gasteiger partial charge in [-0.05, 0) is 24.3 Å². The number of sulfone groups is 1. The highest BCUT2D eigenvalue weighted by Crippen LogP contribution is 2.43. The fourth-order valence-corrected chi connectivity index (χ4v) is 6.69. The Hall–Kier alpha value is -2.89. The molecule has 2 aromatic rings. The van der Waals surface area contributed by atoms with Crippen LogP contribution in [-0.2, 0) is 19.3 Å². The van der Waals surface area contributed by atoms with Crippen LogP contribution in [0.15, 0.2) is 46.2 Å². The number of fused-ring (bicyclic) bond motifs is 3. The molecule has 10 atom stereocenters. The van der Waals surface area contributed by atoms with Crippen LogP contribution >= 0.6 is 0 Å². The Morgan fingerprint density at radius 3 is 1.37 bits per heavy atom. The zero-order valence-electron chi connectivity index (χ0n) is 21.3. The Kier molecular flexibility index (Phi) is 8.24. The van der Waals surface area contributed by atoms with Crippen LogP contribution < -0.4 is 0 Å². The Labute approximate surface area is 235 Å². The predicted molar refractivity (Wildman–Crippen MR) is 139 cm³/mol. The molecule has 3 aliphatic rings. The van der Waals surface area contributed by atoms with Crippen LogP contribution in [0.25, 0.3) is 11.1 Å². The van der Waals surface area contributed by atoms with Crippen molar-refractivity contribution in [1.29, 1.82) is 0 Å². The summed E-state index contributed by atoms with van der Waals surface area (Å²) in [5.74, 6) is 10.7. The molecule has 2 saturated heterocycles. The van der Waals surface area contributed by atoms with Crippen molar-refractivity contribution in [1.82, 2.24) is 0 Å². The molecular formula is C28H28O12S. The van der Waals surface area contributed by atoms with Crippen molar-refractivity contribution in [3.05, 3.63) is 47.5 Å². The van der Waals surface area contributed by atoms with Crippen molar-refractivity contribution in [2.75, 3.05) is 13.2 Å². The SMILES string of the molecule is O=S1(=O)c2cc(C#CC3OC(CO)C(O)C(O)C3O)ccc2-c2ccc(C#CC3OC(CO)C(O)C(O)C3O)cc21. The van der Waals surface area contributed by atoms with Gasteiger partial charge in [-0.2, -0.15) is 0 Å². The third-order valence-electron chi connectivity index (χ3n) is 7.33.